The second kappa shape index (κ2) is 9.06. The number of aromatic nitrogens is 1. The number of carbonyl (C=O) groups excluding carboxylic acids is 1. The van der Waals surface area contributed by atoms with E-state index in [1.165, 1.54) is 6.20 Å². The lowest BCUT2D eigenvalue weighted by molar-refractivity contribution is -0.127. The van der Waals surface area contributed by atoms with E-state index in [1.807, 2.05) is 24.3 Å². The van der Waals surface area contributed by atoms with Crippen LogP contribution in [0.4, 0.5) is 0 Å². The zero-order valence-electron chi connectivity index (χ0n) is 16.9. The molecule has 0 aliphatic heterocycles. The normalized spacial score (nSPS) is 22.8. The molecule has 1 amide bonds. The van der Waals surface area contributed by atoms with Gasteiger partial charge in [0.1, 0.15) is 12.2 Å². The van der Waals surface area contributed by atoms with Crippen LogP contribution in [0.3, 0.4) is 0 Å². The minimum atomic E-state index is -0.426. The first-order chi connectivity index (χ1) is 14.6. The van der Waals surface area contributed by atoms with E-state index in [-0.39, 0.29) is 18.1 Å². The highest BCUT2D eigenvalue weighted by Crippen LogP contribution is 2.42. The zero-order valence-corrected chi connectivity index (χ0v) is 17.7. The van der Waals surface area contributed by atoms with E-state index in [0.717, 1.165) is 56.9 Å². The molecular formula is C24H26ClN3O2. The predicted octanol–water partition coefficient (Wildman–Crippen LogP) is 4.92. The molecule has 2 fully saturated rings. The lowest BCUT2D eigenvalue weighted by Crippen LogP contribution is -2.48. The van der Waals surface area contributed by atoms with Gasteiger partial charge in [0.05, 0.1) is 11.0 Å². The molecule has 1 aromatic carbocycles. The Balaban J connectivity index is 1.34. The van der Waals surface area contributed by atoms with Crippen LogP contribution in [0.5, 0.6) is 5.88 Å². The van der Waals surface area contributed by atoms with Crippen molar-refractivity contribution in [3.8, 4) is 11.9 Å². The fraction of sp³-hybridized carbons (Fsp3) is 0.458. The summed E-state index contributed by atoms with van der Waals surface area (Å²) in [6.45, 7) is 0. The Kier molecular flexibility index (Phi) is 6.24. The van der Waals surface area contributed by atoms with Gasteiger partial charge in [-0.05, 0) is 62.3 Å². The number of carbonyl (C=O) groups is 1. The Labute approximate surface area is 182 Å². The van der Waals surface area contributed by atoms with Gasteiger partial charge in [-0.1, -0.05) is 36.6 Å². The third-order valence-corrected chi connectivity index (χ3v) is 6.70. The van der Waals surface area contributed by atoms with Gasteiger partial charge in [0.25, 0.3) is 0 Å². The maximum absolute atomic E-state index is 13.3. The lowest BCUT2D eigenvalue weighted by Gasteiger charge is -2.34. The topological polar surface area (TPSA) is 75.0 Å². The highest BCUT2D eigenvalue weighted by atomic mass is 35.5. The molecule has 1 heterocycles. The number of hydrogen-bond acceptors (Lipinski definition) is 4. The summed E-state index contributed by atoms with van der Waals surface area (Å²) >= 11 is 6.05. The van der Waals surface area contributed by atoms with Crippen LogP contribution in [0.25, 0.3) is 0 Å². The van der Waals surface area contributed by atoms with Crippen molar-refractivity contribution >= 4 is 17.5 Å². The predicted molar refractivity (Wildman–Crippen MR) is 115 cm³/mol. The van der Waals surface area contributed by atoms with E-state index < -0.39 is 5.41 Å². The average Bonchev–Trinajstić information content (AvgIpc) is 3.27. The molecule has 0 radical (unpaired) electrons. The Morgan fingerprint density at radius 3 is 2.40 bits per heavy atom. The van der Waals surface area contributed by atoms with E-state index in [1.54, 1.807) is 12.1 Å². The smallest absolute Gasteiger partial charge is 0.230 e. The fourth-order valence-corrected chi connectivity index (χ4v) is 4.86. The van der Waals surface area contributed by atoms with Crippen molar-refractivity contribution in [1.29, 1.82) is 5.26 Å². The van der Waals surface area contributed by atoms with Crippen LogP contribution in [-0.2, 0) is 10.2 Å². The summed E-state index contributed by atoms with van der Waals surface area (Å²) in [5, 5.41) is 12.9. The monoisotopic (exact) mass is 423 g/mol. The Hall–Kier alpha value is -2.58. The number of nitrogens with zero attached hydrogens (tertiary/aromatic N) is 2. The quantitative estimate of drug-likeness (QED) is 0.740. The molecule has 0 saturated heterocycles. The van der Waals surface area contributed by atoms with Crippen LogP contribution in [0.2, 0.25) is 5.02 Å². The first-order valence-electron chi connectivity index (χ1n) is 10.7. The first-order valence-corrected chi connectivity index (χ1v) is 11.1. The van der Waals surface area contributed by atoms with Crippen LogP contribution < -0.4 is 10.1 Å². The summed E-state index contributed by atoms with van der Waals surface area (Å²) in [6, 6.07) is 13.5. The molecule has 1 N–H and O–H groups in total. The molecule has 6 heteroatoms. The molecule has 0 atom stereocenters. The molecule has 2 saturated carbocycles. The standard InChI is InChI=1S/C24H26ClN3O2/c25-19-6-4-18(5-7-19)24(13-1-2-14-24)23(29)28-20-8-10-21(11-9-20)30-22-12-3-17(15-26)16-27-22/h3-7,12,16,20-21H,1-2,8-11,13-14H2,(H,28,29). The molecule has 0 bridgehead atoms. The highest BCUT2D eigenvalue weighted by molar-refractivity contribution is 6.30. The number of ether oxygens (including phenoxy) is 1. The van der Waals surface area contributed by atoms with Gasteiger partial charge in [0.2, 0.25) is 11.8 Å². The van der Waals surface area contributed by atoms with Crippen LogP contribution in [0.15, 0.2) is 42.6 Å². The van der Waals surface area contributed by atoms with Gasteiger partial charge in [-0.3, -0.25) is 4.79 Å². The second-order valence-electron chi connectivity index (χ2n) is 8.36. The molecule has 0 unspecified atom stereocenters. The number of pyridine rings is 1. The summed E-state index contributed by atoms with van der Waals surface area (Å²) in [5.74, 6) is 0.703. The summed E-state index contributed by atoms with van der Waals surface area (Å²) < 4.78 is 5.96. The minimum absolute atomic E-state index is 0.0929. The van der Waals surface area contributed by atoms with Gasteiger partial charge in [-0.15, -0.1) is 0 Å². The molecule has 5 nitrogen and oxygen atoms in total. The summed E-state index contributed by atoms with van der Waals surface area (Å²) in [4.78, 5) is 17.5. The van der Waals surface area contributed by atoms with Gasteiger partial charge in [0, 0.05) is 23.3 Å². The highest BCUT2D eigenvalue weighted by Gasteiger charge is 2.43. The zero-order chi connectivity index (χ0) is 21.0. The van der Waals surface area contributed by atoms with E-state index in [2.05, 4.69) is 16.4 Å². The number of benzene rings is 1. The lowest BCUT2D eigenvalue weighted by atomic mass is 9.77. The third kappa shape index (κ3) is 4.44. The van der Waals surface area contributed by atoms with E-state index in [9.17, 15) is 4.79 Å². The molecule has 2 aromatic rings. The second-order valence-corrected chi connectivity index (χ2v) is 8.79. The molecule has 156 valence electrons. The molecule has 1 aromatic heterocycles. The number of rotatable bonds is 5. The molecule has 2 aliphatic carbocycles. The van der Waals surface area contributed by atoms with Crippen LogP contribution in [0, 0.1) is 11.3 Å². The van der Waals surface area contributed by atoms with Crippen molar-refractivity contribution < 1.29 is 9.53 Å². The number of halogens is 1. The van der Waals surface area contributed by atoms with E-state index in [4.69, 9.17) is 21.6 Å². The van der Waals surface area contributed by atoms with Crippen LogP contribution >= 0.6 is 11.6 Å². The number of hydrogen-bond donors (Lipinski definition) is 1. The van der Waals surface area contributed by atoms with Gasteiger partial charge in [0.15, 0.2) is 0 Å². The molecule has 30 heavy (non-hydrogen) atoms. The molecule has 4 rings (SSSR count). The van der Waals surface area contributed by atoms with Crippen molar-refractivity contribution in [2.45, 2.75) is 68.9 Å². The molecule has 2 aliphatic rings. The maximum Gasteiger partial charge on any atom is 0.230 e. The van der Waals surface area contributed by atoms with E-state index in [0.29, 0.717) is 16.5 Å². The average molecular weight is 424 g/mol. The first kappa shape index (κ1) is 20.7. The SMILES string of the molecule is N#Cc1ccc(OC2CCC(NC(=O)C3(c4ccc(Cl)cc4)CCCC3)CC2)nc1. The van der Waals surface area contributed by atoms with Crippen molar-refractivity contribution in [1.82, 2.24) is 10.3 Å². The summed E-state index contributed by atoms with van der Waals surface area (Å²) in [7, 11) is 0. The fourth-order valence-electron chi connectivity index (χ4n) is 4.73. The minimum Gasteiger partial charge on any atom is -0.474 e. The van der Waals surface area contributed by atoms with Crippen molar-refractivity contribution in [3.63, 3.8) is 0 Å². The Morgan fingerprint density at radius 2 is 1.80 bits per heavy atom. The van der Waals surface area contributed by atoms with E-state index >= 15 is 0 Å². The van der Waals surface area contributed by atoms with Crippen LogP contribution in [0.1, 0.15) is 62.5 Å². The molecule has 0 spiro atoms. The Morgan fingerprint density at radius 1 is 1.10 bits per heavy atom. The summed E-state index contributed by atoms with van der Waals surface area (Å²) in [5.41, 5.74) is 1.17. The number of nitrogens with one attached hydrogen (secondary N) is 1. The Bertz CT molecular complexity index is 907. The maximum atomic E-state index is 13.3. The largest absolute Gasteiger partial charge is 0.474 e. The van der Waals surface area contributed by atoms with Gasteiger partial charge in [-0.2, -0.15) is 5.26 Å². The molecular weight excluding hydrogens is 398 g/mol. The van der Waals surface area contributed by atoms with Gasteiger partial charge in [-0.25, -0.2) is 4.98 Å². The summed E-state index contributed by atoms with van der Waals surface area (Å²) in [6.07, 6.45) is 9.09. The van der Waals surface area contributed by atoms with Crippen molar-refractivity contribution in [2.75, 3.05) is 0 Å². The number of nitriles is 1. The van der Waals surface area contributed by atoms with Gasteiger partial charge >= 0.3 is 0 Å². The number of amides is 1. The van der Waals surface area contributed by atoms with Crippen molar-refractivity contribution in [2.24, 2.45) is 0 Å². The van der Waals surface area contributed by atoms with Crippen molar-refractivity contribution in [3.05, 3.63) is 58.7 Å². The third-order valence-electron chi connectivity index (χ3n) is 6.45. The van der Waals surface area contributed by atoms with Gasteiger partial charge < -0.3 is 10.1 Å². The van der Waals surface area contributed by atoms with Crippen LogP contribution in [-0.4, -0.2) is 23.0 Å².